The van der Waals surface area contributed by atoms with Gasteiger partial charge in [0.1, 0.15) is 17.6 Å². The predicted octanol–water partition coefficient (Wildman–Crippen LogP) is 8.50. The van der Waals surface area contributed by atoms with E-state index in [4.69, 9.17) is 14.2 Å². The molecule has 1 saturated carbocycles. The molecule has 6 rings (SSSR count). The first-order valence-corrected chi connectivity index (χ1v) is 15.7. The second kappa shape index (κ2) is 11.0. The number of carbonyl (C=O) groups is 2. The van der Waals surface area contributed by atoms with E-state index in [1.54, 1.807) is 36.9 Å². The molecule has 0 radical (unpaired) electrons. The van der Waals surface area contributed by atoms with Crippen molar-refractivity contribution in [2.75, 3.05) is 19.5 Å². The van der Waals surface area contributed by atoms with Crippen molar-refractivity contribution in [1.82, 2.24) is 4.37 Å². The van der Waals surface area contributed by atoms with Crippen molar-refractivity contribution in [1.29, 1.82) is 0 Å². The highest BCUT2D eigenvalue weighted by molar-refractivity contribution is 7.32. The third-order valence-corrected chi connectivity index (χ3v) is 11.0. The zero-order valence-corrected chi connectivity index (χ0v) is 25.8. The summed E-state index contributed by atoms with van der Waals surface area (Å²) in [6, 6.07) is 17.5. The van der Waals surface area contributed by atoms with Crippen LogP contribution in [-0.4, -0.2) is 35.8 Å². The van der Waals surface area contributed by atoms with Crippen molar-refractivity contribution in [2.45, 2.75) is 38.2 Å². The molecule has 1 aliphatic carbocycles. The number of hydrogen-bond acceptors (Lipinski definition) is 9. The van der Waals surface area contributed by atoms with Gasteiger partial charge < -0.3 is 19.3 Å². The lowest BCUT2D eigenvalue weighted by Gasteiger charge is -2.18. The minimum absolute atomic E-state index is 0.393. The SMILES string of the molecule is COc1cc(C2(C(=O)O)CC2)c(OC)cc1-c1cc2sc(-c3snc(C)c3NC(=O)OC(C)c3ccccc3)cc2s1. The zero-order valence-electron chi connectivity index (χ0n) is 23.3. The Kier molecular flexibility index (Phi) is 7.42. The van der Waals surface area contributed by atoms with Crippen molar-refractivity contribution >= 4 is 61.4 Å². The van der Waals surface area contributed by atoms with E-state index in [1.165, 1.54) is 11.5 Å². The summed E-state index contributed by atoms with van der Waals surface area (Å²) in [6.07, 6.45) is 0.236. The van der Waals surface area contributed by atoms with Crippen LogP contribution in [-0.2, 0) is 14.9 Å². The first kappa shape index (κ1) is 28.2. The van der Waals surface area contributed by atoms with Gasteiger partial charge in [0.15, 0.2) is 0 Å². The molecule has 2 N–H and O–H groups in total. The number of carboxylic acids is 1. The number of hydrogen-bond donors (Lipinski definition) is 2. The Balaban J connectivity index is 1.27. The fraction of sp³-hybridized carbons (Fsp3) is 0.258. The van der Waals surface area contributed by atoms with E-state index in [0.717, 1.165) is 40.9 Å². The number of aromatic nitrogens is 1. The summed E-state index contributed by atoms with van der Waals surface area (Å²) in [5.74, 6) is 0.318. The Morgan fingerprint density at radius 2 is 1.64 bits per heavy atom. The molecule has 2 aromatic carbocycles. The normalized spacial score (nSPS) is 14.4. The van der Waals surface area contributed by atoms with Crippen LogP contribution in [0.15, 0.2) is 54.6 Å². The Hall–Kier alpha value is -3.93. The van der Waals surface area contributed by atoms with Gasteiger partial charge in [0.2, 0.25) is 0 Å². The van der Waals surface area contributed by atoms with E-state index in [-0.39, 0.29) is 0 Å². The van der Waals surface area contributed by atoms with E-state index < -0.39 is 23.6 Å². The topological polar surface area (TPSA) is 107 Å². The predicted molar refractivity (Wildman–Crippen MR) is 168 cm³/mol. The maximum atomic E-state index is 12.8. The largest absolute Gasteiger partial charge is 0.496 e. The molecule has 3 aromatic heterocycles. The molecule has 0 spiro atoms. The maximum Gasteiger partial charge on any atom is 0.412 e. The lowest BCUT2D eigenvalue weighted by atomic mass is 9.93. The molecular formula is C31H28N2O6S3. The molecule has 8 nitrogen and oxygen atoms in total. The summed E-state index contributed by atoms with van der Waals surface area (Å²) in [5, 5.41) is 12.8. The van der Waals surface area contributed by atoms with Gasteiger partial charge in [-0.3, -0.25) is 10.1 Å². The van der Waals surface area contributed by atoms with Gasteiger partial charge in [0, 0.05) is 25.4 Å². The fourth-order valence-corrected chi connectivity index (χ4v) is 8.40. The van der Waals surface area contributed by atoms with Gasteiger partial charge in [-0.25, -0.2) is 4.79 Å². The standard InChI is InChI=1S/C31H28N2O6S3/c1-16-27(32-30(36)39-17(2)18-8-6-5-7-9-18)28(42-33-16)26-15-25-24(41-26)14-23(40-25)19-12-22(38-4)20(13-21(19)37-3)31(10-11-31)29(34)35/h5-9,12-15,17H,10-11H2,1-4H3,(H,32,36)(H,34,35). The van der Waals surface area contributed by atoms with Crippen molar-refractivity contribution in [3.8, 4) is 31.7 Å². The molecule has 216 valence electrons. The van der Waals surface area contributed by atoms with Crippen molar-refractivity contribution in [3.63, 3.8) is 0 Å². The lowest BCUT2D eigenvalue weighted by molar-refractivity contribution is -0.140. The molecule has 5 aromatic rings. The van der Waals surface area contributed by atoms with Crippen LogP contribution in [0.1, 0.15) is 42.7 Å². The summed E-state index contributed by atoms with van der Waals surface area (Å²) >= 11 is 4.57. The molecule has 0 bridgehead atoms. The molecule has 3 heterocycles. The first-order chi connectivity index (χ1) is 20.2. The summed E-state index contributed by atoms with van der Waals surface area (Å²) in [5.41, 5.74) is 2.88. The van der Waals surface area contributed by atoms with Crippen LogP contribution < -0.4 is 14.8 Å². The van der Waals surface area contributed by atoms with Gasteiger partial charge in [-0.1, -0.05) is 30.3 Å². The second-order valence-electron chi connectivity index (χ2n) is 10.1. The number of nitrogens with zero attached hydrogens (tertiary/aromatic N) is 1. The van der Waals surface area contributed by atoms with Gasteiger partial charge in [-0.2, -0.15) is 4.37 Å². The van der Waals surface area contributed by atoms with E-state index in [2.05, 4.69) is 21.8 Å². The Morgan fingerprint density at radius 1 is 0.976 bits per heavy atom. The molecule has 42 heavy (non-hydrogen) atoms. The van der Waals surface area contributed by atoms with Crippen LogP contribution in [0.5, 0.6) is 11.5 Å². The molecule has 0 aliphatic heterocycles. The van der Waals surface area contributed by atoms with Gasteiger partial charge >= 0.3 is 12.1 Å². The lowest BCUT2D eigenvalue weighted by Crippen LogP contribution is -2.20. The summed E-state index contributed by atoms with van der Waals surface area (Å²) in [6.45, 7) is 3.71. The summed E-state index contributed by atoms with van der Waals surface area (Å²) < 4.78 is 23.7. The van der Waals surface area contributed by atoms with E-state index >= 15 is 0 Å². The Bertz CT molecular complexity index is 1770. The molecular weight excluding hydrogens is 593 g/mol. The number of aryl methyl sites for hydroxylation is 1. The monoisotopic (exact) mass is 620 g/mol. The summed E-state index contributed by atoms with van der Waals surface area (Å²) in [7, 11) is 3.16. The molecule has 1 atom stereocenters. The average molecular weight is 621 g/mol. The number of benzene rings is 2. The highest BCUT2D eigenvalue weighted by Crippen LogP contribution is 2.54. The van der Waals surface area contributed by atoms with E-state index in [9.17, 15) is 14.7 Å². The molecule has 1 aliphatic rings. The van der Waals surface area contributed by atoms with Crippen LogP contribution in [0.25, 0.3) is 29.6 Å². The Morgan fingerprint density at radius 3 is 2.29 bits per heavy atom. The molecule has 1 fully saturated rings. The van der Waals surface area contributed by atoms with Crippen LogP contribution in [0.2, 0.25) is 0 Å². The second-order valence-corrected chi connectivity index (χ2v) is 13.1. The number of amides is 1. The minimum atomic E-state index is -0.910. The molecule has 0 saturated heterocycles. The van der Waals surface area contributed by atoms with Gasteiger partial charge in [-0.15, -0.1) is 22.7 Å². The number of carboxylic acid groups (broad SMARTS) is 1. The smallest absolute Gasteiger partial charge is 0.412 e. The third-order valence-electron chi connectivity index (χ3n) is 7.54. The number of carbonyl (C=O) groups excluding carboxylic acids is 1. The van der Waals surface area contributed by atoms with Gasteiger partial charge in [0.05, 0.1) is 40.8 Å². The first-order valence-electron chi connectivity index (χ1n) is 13.3. The highest BCUT2D eigenvalue weighted by atomic mass is 32.1. The quantitative estimate of drug-likeness (QED) is 0.170. The number of ether oxygens (including phenoxy) is 3. The minimum Gasteiger partial charge on any atom is -0.496 e. The number of fused-ring (bicyclic) bond motifs is 1. The van der Waals surface area contributed by atoms with Crippen LogP contribution >= 0.6 is 34.2 Å². The number of anilines is 1. The summed E-state index contributed by atoms with van der Waals surface area (Å²) in [4.78, 5) is 27.6. The van der Waals surface area contributed by atoms with Crippen molar-refractivity contribution in [2.24, 2.45) is 0 Å². The third kappa shape index (κ3) is 5.01. The van der Waals surface area contributed by atoms with Crippen LogP contribution in [0, 0.1) is 6.92 Å². The number of rotatable bonds is 9. The average Bonchev–Trinajstić information content (AvgIpc) is 3.40. The van der Waals surface area contributed by atoms with E-state index in [1.807, 2.05) is 56.3 Å². The zero-order chi connectivity index (χ0) is 29.6. The van der Waals surface area contributed by atoms with Gasteiger partial charge in [-0.05, 0) is 68.1 Å². The Labute approximate surface area is 254 Å². The fourth-order valence-electron chi connectivity index (χ4n) is 5.04. The molecule has 11 heteroatoms. The van der Waals surface area contributed by atoms with E-state index in [0.29, 0.717) is 35.6 Å². The molecule has 1 amide bonds. The van der Waals surface area contributed by atoms with Crippen molar-refractivity contribution < 1.29 is 28.9 Å². The number of aliphatic carboxylic acids is 1. The van der Waals surface area contributed by atoms with Crippen LogP contribution in [0.4, 0.5) is 10.5 Å². The van der Waals surface area contributed by atoms with Crippen LogP contribution in [0.3, 0.4) is 0 Å². The van der Waals surface area contributed by atoms with Crippen molar-refractivity contribution in [3.05, 3.63) is 71.4 Å². The number of thiophene rings is 2. The highest BCUT2D eigenvalue weighted by Gasteiger charge is 2.53. The molecule has 1 unspecified atom stereocenters. The number of nitrogens with one attached hydrogen (secondary N) is 1. The van der Waals surface area contributed by atoms with Gasteiger partial charge in [0.25, 0.3) is 0 Å². The number of methoxy groups -OCH3 is 2. The maximum absolute atomic E-state index is 12.8.